The highest BCUT2D eigenvalue weighted by molar-refractivity contribution is 9.10. The van der Waals surface area contributed by atoms with Gasteiger partial charge in [0.25, 0.3) is 5.91 Å². The summed E-state index contributed by atoms with van der Waals surface area (Å²) in [6.07, 6.45) is 1.67. The van der Waals surface area contributed by atoms with Crippen LogP contribution >= 0.6 is 27.7 Å². The lowest BCUT2D eigenvalue weighted by molar-refractivity contribution is 0.102. The number of rotatable bonds is 9. The van der Waals surface area contributed by atoms with Crippen molar-refractivity contribution in [3.63, 3.8) is 0 Å². The van der Waals surface area contributed by atoms with Crippen LogP contribution < -0.4 is 14.8 Å². The molecule has 30 heavy (non-hydrogen) atoms. The summed E-state index contributed by atoms with van der Waals surface area (Å²) in [6, 6.07) is 16.6. The second kappa shape index (κ2) is 11.0. The van der Waals surface area contributed by atoms with Gasteiger partial charge in [-0.25, -0.2) is 4.98 Å². The third kappa shape index (κ3) is 5.98. The number of carbonyl (C=O) groups is 1. The van der Waals surface area contributed by atoms with E-state index >= 15 is 0 Å². The average molecular weight is 489 g/mol. The van der Waals surface area contributed by atoms with Gasteiger partial charge in [-0.1, -0.05) is 27.7 Å². The molecule has 0 aliphatic carbocycles. The first kappa shape index (κ1) is 22.1. The molecule has 1 amide bonds. The third-order valence-corrected chi connectivity index (χ3v) is 5.57. The molecule has 1 N–H and O–H groups in total. The van der Waals surface area contributed by atoms with Crippen molar-refractivity contribution in [2.75, 3.05) is 32.8 Å². The van der Waals surface area contributed by atoms with E-state index < -0.39 is 0 Å². The van der Waals surface area contributed by atoms with E-state index in [2.05, 4.69) is 26.2 Å². The number of amides is 1. The second-order valence-electron chi connectivity index (χ2n) is 6.07. The summed E-state index contributed by atoms with van der Waals surface area (Å²) in [5.74, 6) is 0.857. The predicted molar refractivity (Wildman–Crippen MR) is 121 cm³/mol. The fourth-order valence-electron chi connectivity index (χ4n) is 2.56. The largest absolute Gasteiger partial charge is 0.493 e. The van der Waals surface area contributed by atoms with Gasteiger partial charge in [-0.3, -0.25) is 4.79 Å². The fourth-order valence-corrected chi connectivity index (χ4v) is 3.70. The lowest BCUT2D eigenvalue weighted by atomic mass is 10.2. The van der Waals surface area contributed by atoms with Crippen LogP contribution in [0.3, 0.4) is 0 Å². The molecule has 1 heterocycles. The fraction of sp³-hybridized carbons (Fsp3) is 0.182. The Labute approximate surface area is 188 Å². The van der Waals surface area contributed by atoms with Gasteiger partial charge in [0.2, 0.25) is 0 Å². The molecule has 0 aliphatic heterocycles. The highest BCUT2D eigenvalue weighted by atomic mass is 79.9. The summed E-state index contributed by atoms with van der Waals surface area (Å²) in [7, 11) is 3.17. The Bertz CT molecular complexity index is 999. The smallest absolute Gasteiger partial charge is 0.258 e. The number of pyridine rings is 1. The van der Waals surface area contributed by atoms with Crippen molar-refractivity contribution < 1.29 is 19.0 Å². The van der Waals surface area contributed by atoms with Gasteiger partial charge in [0.1, 0.15) is 11.6 Å². The Kier molecular flexibility index (Phi) is 8.12. The number of carbonyl (C=O) groups excluding carboxylic acids is 1. The Balaban J connectivity index is 1.77. The van der Waals surface area contributed by atoms with Crippen LogP contribution in [0, 0.1) is 0 Å². The number of methoxy groups -OCH3 is 2. The molecule has 6 nitrogen and oxygen atoms in total. The van der Waals surface area contributed by atoms with Crippen molar-refractivity contribution in [2.45, 2.75) is 9.92 Å². The van der Waals surface area contributed by atoms with Gasteiger partial charge in [-0.05, 0) is 48.5 Å². The van der Waals surface area contributed by atoms with E-state index in [9.17, 15) is 4.79 Å². The Morgan fingerprint density at radius 1 is 1.07 bits per heavy atom. The van der Waals surface area contributed by atoms with E-state index in [4.69, 9.17) is 14.2 Å². The molecule has 1 aromatic heterocycles. The molecular formula is C22H21BrN2O4S. The van der Waals surface area contributed by atoms with Crippen molar-refractivity contribution in [1.29, 1.82) is 0 Å². The molecule has 0 unspecified atom stereocenters. The molecule has 3 rings (SSSR count). The number of hydrogen-bond donors (Lipinski definition) is 1. The number of benzene rings is 2. The predicted octanol–water partition coefficient (Wildman–Crippen LogP) is 5.28. The molecule has 0 aliphatic rings. The monoisotopic (exact) mass is 488 g/mol. The maximum Gasteiger partial charge on any atom is 0.258 e. The molecule has 0 saturated heterocycles. The third-order valence-electron chi connectivity index (χ3n) is 4.01. The highest BCUT2D eigenvalue weighted by Gasteiger charge is 2.15. The van der Waals surface area contributed by atoms with Crippen LogP contribution in [0.25, 0.3) is 0 Å². The van der Waals surface area contributed by atoms with E-state index in [1.807, 2.05) is 24.3 Å². The first-order valence-corrected chi connectivity index (χ1v) is 10.7. The van der Waals surface area contributed by atoms with E-state index in [0.717, 1.165) is 9.37 Å². The van der Waals surface area contributed by atoms with Crippen molar-refractivity contribution in [1.82, 2.24) is 4.98 Å². The number of aromatic nitrogens is 1. The Morgan fingerprint density at radius 3 is 2.60 bits per heavy atom. The van der Waals surface area contributed by atoms with Crippen LogP contribution in [0.1, 0.15) is 10.4 Å². The minimum absolute atomic E-state index is 0.254. The summed E-state index contributed by atoms with van der Waals surface area (Å²) in [5.41, 5.74) is 1.08. The molecule has 156 valence electrons. The highest BCUT2D eigenvalue weighted by Crippen LogP contribution is 2.32. The molecule has 2 aromatic carbocycles. The minimum atomic E-state index is -0.254. The van der Waals surface area contributed by atoms with E-state index in [0.29, 0.717) is 41.0 Å². The molecule has 0 spiro atoms. The van der Waals surface area contributed by atoms with Crippen LogP contribution in [0.5, 0.6) is 11.5 Å². The lowest BCUT2D eigenvalue weighted by Crippen LogP contribution is -2.14. The van der Waals surface area contributed by atoms with Crippen molar-refractivity contribution in [2.24, 2.45) is 0 Å². The molecule has 0 radical (unpaired) electrons. The van der Waals surface area contributed by atoms with E-state index in [-0.39, 0.29) is 5.91 Å². The van der Waals surface area contributed by atoms with Gasteiger partial charge >= 0.3 is 0 Å². The number of nitrogens with one attached hydrogen (secondary N) is 1. The molecule has 0 atom stereocenters. The van der Waals surface area contributed by atoms with Gasteiger partial charge in [-0.2, -0.15) is 0 Å². The number of halogens is 1. The van der Waals surface area contributed by atoms with Crippen LogP contribution in [0.15, 0.2) is 75.2 Å². The van der Waals surface area contributed by atoms with Gasteiger partial charge in [0, 0.05) is 34.4 Å². The van der Waals surface area contributed by atoms with Crippen LogP contribution in [0.2, 0.25) is 0 Å². The quantitative estimate of drug-likeness (QED) is 0.413. The van der Waals surface area contributed by atoms with Crippen molar-refractivity contribution in [3.05, 3.63) is 70.8 Å². The summed E-state index contributed by atoms with van der Waals surface area (Å²) in [6.45, 7) is 0.826. The lowest BCUT2D eigenvalue weighted by Gasteiger charge is -2.13. The van der Waals surface area contributed by atoms with Gasteiger partial charge < -0.3 is 19.5 Å². The van der Waals surface area contributed by atoms with E-state index in [1.54, 1.807) is 50.7 Å². The Hall–Kier alpha value is -2.55. The topological polar surface area (TPSA) is 69.7 Å². The molecule has 8 heteroatoms. The summed E-state index contributed by atoms with van der Waals surface area (Å²) < 4.78 is 17.0. The van der Waals surface area contributed by atoms with Crippen molar-refractivity contribution in [3.8, 4) is 11.5 Å². The van der Waals surface area contributed by atoms with Crippen molar-refractivity contribution >= 4 is 39.3 Å². The average Bonchev–Trinajstić information content (AvgIpc) is 2.76. The molecule has 0 bridgehead atoms. The second-order valence-corrected chi connectivity index (χ2v) is 8.05. The maximum atomic E-state index is 12.9. The Morgan fingerprint density at radius 2 is 1.87 bits per heavy atom. The number of anilines is 1. The molecule has 3 aromatic rings. The minimum Gasteiger partial charge on any atom is -0.493 e. The summed E-state index contributed by atoms with van der Waals surface area (Å²) in [4.78, 5) is 18.3. The van der Waals surface area contributed by atoms with Gasteiger partial charge in [-0.15, -0.1) is 0 Å². The maximum absolute atomic E-state index is 12.9. The van der Waals surface area contributed by atoms with Crippen LogP contribution in [-0.2, 0) is 4.74 Å². The van der Waals surface area contributed by atoms with E-state index in [1.165, 1.54) is 11.8 Å². The van der Waals surface area contributed by atoms with Crippen LogP contribution in [-0.4, -0.2) is 38.3 Å². The van der Waals surface area contributed by atoms with Crippen LogP contribution in [0.4, 0.5) is 5.69 Å². The zero-order valence-electron chi connectivity index (χ0n) is 16.6. The molecule has 0 saturated carbocycles. The first-order chi connectivity index (χ1) is 14.6. The normalized spacial score (nSPS) is 10.5. The van der Waals surface area contributed by atoms with Gasteiger partial charge in [0.15, 0.2) is 11.5 Å². The summed E-state index contributed by atoms with van der Waals surface area (Å²) >= 11 is 4.86. The summed E-state index contributed by atoms with van der Waals surface area (Å²) in [5, 5.41) is 3.54. The number of hydrogen-bond acceptors (Lipinski definition) is 6. The zero-order valence-corrected chi connectivity index (χ0v) is 19.0. The van der Waals surface area contributed by atoms with Gasteiger partial charge in [0.05, 0.1) is 19.3 Å². The molecule has 0 fully saturated rings. The number of nitrogens with zero attached hydrogens (tertiary/aromatic N) is 1. The number of ether oxygens (including phenoxy) is 3. The molecular weight excluding hydrogens is 468 g/mol. The SMILES string of the molecule is COCCOc1cc(NC(=O)c2cccnc2Sc2ccc(Br)cc2)ccc1OC. The standard InChI is InChI=1S/C22H21BrN2O4S/c1-27-12-13-29-20-14-16(7-10-19(20)28-2)25-21(26)18-4-3-11-24-22(18)30-17-8-5-15(23)6-9-17/h3-11,14H,12-13H2,1-2H3,(H,25,26). The first-order valence-electron chi connectivity index (χ1n) is 9.10. The zero-order chi connectivity index (χ0) is 21.3.